The van der Waals surface area contributed by atoms with Gasteiger partial charge in [-0.25, -0.2) is 0 Å². The van der Waals surface area contributed by atoms with E-state index in [1.165, 1.54) is 0 Å². The maximum absolute atomic E-state index is 8.86. The lowest BCUT2D eigenvalue weighted by atomic mass is 10.1. The molecule has 0 radical (unpaired) electrons. The summed E-state index contributed by atoms with van der Waals surface area (Å²) >= 11 is 0. The zero-order valence-corrected chi connectivity index (χ0v) is 13.1. The van der Waals surface area contributed by atoms with Gasteiger partial charge in [-0.2, -0.15) is 5.26 Å². The minimum atomic E-state index is 0.642. The molecule has 3 heteroatoms. The normalized spacial score (nSPS) is 11.1. The molecular weight excluding hydrogens is 248 g/mol. The van der Waals surface area contributed by atoms with Crippen LogP contribution in [-0.2, 0) is 0 Å². The van der Waals surface area contributed by atoms with Gasteiger partial charge < -0.3 is 4.74 Å². The van der Waals surface area contributed by atoms with Crippen LogP contribution in [0, 0.1) is 23.2 Å². The van der Waals surface area contributed by atoms with E-state index in [4.69, 9.17) is 10.00 Å². The average molecular weight is 274 g/mol. The fourth-order valence-corrected chi connectivity index (χ4v) is 2.24. The summed E-state index contributed by atoms with van der Waals surface area (Å²) in [5.74, 6) is 2.10. The zero-order valence-electron chi connectivity index (χ0n) is 13.1. The highest BCUT2D eigenvalue weighted by Crippen LogP contribution is 2.12. The zero-order chi connectivity index (χ0) is 15.0. The molecule has 0 aliphatic carbocycles. The van der Waals surface area contributed by atoms with Crippen molar-refractivity contribution in [2.75, 3.05) is 26.2 Å². The van der Waals surface area contributed by atoms with Gasteiger partial charge in [0, 0.05) is 19.6 Å². The third-order valence-electron chi connectivity index (χ3n) is 2.89. The van der Waals surface area contributed by atoms with Crippen LogP contribution in [0.1, 0.15) is 33.3 Å². The summed E-state index contributed by atoms with van der Waals surface area (Å²) in [6.07, 6.45) is 0. The van der Waals surface area contributed by atoms with Crippen molar-refractivity contribution in [2.24, 2.45) is 11.8 Å². The number of ether oxygens (including phenoxy) is 1. The monoisotopic (exact) mass is 274 g/mol. The van der Waals surface area contributed by atoms with E-state index in [2.05, 4.69) is 38.7 Å². The Morgan fingerprint density at radius 1 is 1.15 bits per heavy atom. The van der Waals surface area contributed by atoms with Crippen LogP contribution in [-0.4, -0.2) is 31.1 Å². The van der Waals surface area contributed by atoms with E-state index in [0.717, 1.165) is 25.4 Å². The van der Waals surface area contributed by atoms with E-state index in [1.807, 2.05) is 12.1 Å². The van der Waals surface area contributed by atoms with Crippen molar-refractivity contribution in [3.8, 4) is 11.8 Å². The van der Waals surface area contributed by atoms with Gasteiger partial charge in [-0.3, -0.25) is 4.90 Å². The maximum atomic E-state index is 8.86. The minimum absolute atomic E-state index is 0.642. The molecule has 20 heavy (non-hydrogen) atoms. The van der Waals surface area contributed by atoms with E-state index in [1.54, 1.807) is 12.1 Å². The molecule has 0 fully saturated rings. The molecule has 0 atom stereocenters. The molecule has 0 saturated heterocycles. The van der Waals surface area contributed by atoms with Crippen molar-refractivity contribution in [1.82, 2.24) is 4.90 Å². The first-order chi connectivity index (χ1) is 9.51. The van der Waals surface area contributed by atoms with Crippen LogP contribution in [0.2, 0.25) is 0 Å². The van der Waals surface area contributed by atoms with E-state index in [9.17, 15) is 0 Å². The van der Waals surface area contributed by atoms with Crippen molar-refractivity contribution in [1.29, 1.82) is 5.26 Å². The van der Waals surface area contributed by atoms with Crippen LogP contribution < -0.4 is 4.74 Å². The molecule has 0 aliphatic heterocycles. The quantitative estimate of drug-likeness (QED) is 0.727. The largest absolute Gasteiger partial charge is 0.492 e. The molecule has 0 bridgehead atoms. The first kappa shape index (κ1) is 16.5. The van der Waals surface area contributed by atoms with Gasteiger partial charge in [-0.15, -0.1) is 0 Å². The summed E-state index contributed by atoms with van der Waals surface area (Å²) in [4.78, 5) is 2.45. The van der Waals surface area contributed by atoms with Crippen LogP contribution in [0.4, 0.5) is 0 Å². The standard InChI is InChI=1S/C17H26N2O/c1-14(2)12-19(13-15(3)4)8-9-20-17-7-5-6-16(10-17)11-18/h5-7,10,14-15H,8-9,12-13H2,1-4H3. The van der Waals surface area contributed by atoms with E-state index in [0.29, 0.717) is 24.0 Å². The average Bonchev–Trinajstić information content (AvgIpc) is 2.37. The lowest BCUT2D eigenvalue weighted by Gasteiger charge is -2.26. The number of rotatable bonds is 8. The molecule has 0 N–H and O–H groups in total. The van der Waals surface area contributed by atoms with Gasteiger partial charge in [0.1, 0.15) is 12.4 Å². The molecule has 3 nitrogen and oxygen atoms in total. The predicted molar refractivity (Wildman–Crippen MR) is 82.8 cm³/mol. The minimum Gasteiger partial charge on any atom is -0.492 e. The van der Waals surface area contributed by atoms with Gasteiger partial charge in [-0.05, 0) is 30.0 Å². The van der Waals surface area contributed by atoms with Crippen molar-refractivity contribution in [3.05, 3.63) is 29.8 Å². The third kappa shape index (κ3) is 6.58. The molecule has 110 valence electrons. The number of hydrogen-bond donors (Lipinski definition) is 0. The molecule has 1 rings (SSSR count). The fraction of sp³-hybridized carbons (Fsp3) is 0.588. The van der Waals surface area contributed by atoms with Gasteiger partial charge in [0.25, 0.3) is 0 Å². The van der Waals surface area contributed by atoms with Crippen LogP contribution >= 0.6 is 0 Å². The van der Waals surface area contributed by atoms with Gasteiger partial charge in [0.05, 0.1) is 11.6 Å². The van der Waals surface area contributed by atoms with Crippen molar-refractivity contribution in [2.45, 2.75) is 27.7 Å². The molecule has 1 aromatic rings. The summed E-state index contributed by atoms with van der Waals surface area (Å²) in [7, 11) is 0. The molecular formula is C17H26N2O. The first-order valence-corrected chi connectivity index (χ1v) is 7.36. The Hall–Kier alpha value is -1.53. The Bertz CT molecular complexity index is 425. The van der Waals surface area contributed by atoms with Crippen LogP contribution in [0.5, 0.6) is 5.75 Å². The molecule has 0 heterocycles. The van der Waals surface area contributed by atoms with Gasteiger partial charge in [0.15, 0.2) is 0 Å². The van der Waals surface area contributed by atoms with Crippen LogP contribution in [0.25, 0.3) is 0 Å². The Kier molecular flexibility index (Phi) is 7.11. The Balaban J connectivity index is 2.44. The van der Waals surface area contributed by atoms with Crippen molar-refractivity contribution in [3.63, 3.8) is 0 Å². The highest BCUT2D eigenvalue weighted by atomic mass is 16.5. The maximum Gasteiger partial charge on any atom is 0.120 e. The second kappa shape index (κ2) is 8.60. The summed E-state index contributed by atoms with van der Waals surface area (Å²) in [5, 5.41) is 8.86. The fourth-order valence-electron chi connectivity index (χ4n) is 2.24. The SMILES string of the molecule is CC(C)CN(CCOc1cccc(C#N)c1)CC(C)C. The molecule has 0 spiro atoms. The molecule has 0 aromatic heterocycles. The summed E-state index contributed by atoms with van der Waals surface area (Å²) in [6, 6.07) is 9.46. The van der Waals surface area contributed by atoms with E-state index < -0.39 is 0 Å². The topological polar surface area (TPSA) is 36.3 Å². The van der Waals surface area contributed by atoms with Crippen molar-refractivity contribution < 1.29 is 4.74 Å². The van der Waals surface area contributed by atoms with Crippen molar-refractivity contribution >= 4 is 0 Å². The number of benzene rings is 1. The van der Waals surface area contributed by atoms with Gasteiger partial charge >= 0.3 is 0 Å². The number of nitrogens with zero attached hydrogens (tertiary/aromatic N) is 2. The number of hydrogen-bond acceptors (Lipinski definition) is 3. The summed E-state index contributed by atoms with van der Waals surface area (Å²) in [5.41, 5.74) is 0.642. The molecule has 1 aromatic carbocycles. The lowest BCUT2D eigenvalue weighted by molar-refractivity contribution is 0.177. The Labute approximate surface area is 123 Å². The van der Waals surface area contributed by atoms with Gasteiger partial charge in [-0.1, -0.05) is 33.8 Å². The van der Waals surface area contributed by atoms with E-state index in [-0.39, 0.29) is 0 Å². The summed E-state index contributed by atoms with van der Waals surface area (Å²) in [6.45, 7) is 12.7. The second-order valence-electron chi connectivity index (χ2n) is 6.04. The highest BCUT2D eigenvalue weighted by molar-refractivity contribution is 5.36. The lowest BCUT2D eigenvalue weighted by Crippen LogP contribution is -2.34. The molecule has 0 unspecified atom stereocenters. The highest BCUT2D eigenvalue weighted by Gasteiger charge is 2.09. The van der Waals surface area contributed by atoms with Gasteiger partial charge in [0.2, 0.25) is 0 Å². The predicted octanol–water partition coefficient (Wildman–Crippen LogP) is 3.55. The molecule has 0 aliphatic rings. The first-order valence-electron chi connectivity index (χ1n) is 7.36. The summed E-state index contributed by atoms with van der Waals surface area (Å²) < 4.78 is 5.75. The molecule has 0 saturated carbocycles. The van der Waals surface area contributed by atoms with Crippen LogP contribution in [0.15, 0.2) is 24.3 Å². The third-order valence-corrected chi connectivity index (χ3v) is 2.89. The van der Waals surface area contributed by atoms with Crippen LogP contribution in [0.3, 0.4) is 0 Å². The Morgan fingerprint density at radius 3 is 2.35 bits per heavy atom. The Morgan fingerprint density at radius 2 is 1.80 bits per heavy atom. The second-order valence-corrected chi connectivity index (χ2v) is 6.04. The van der Waals surface area contributed by atoms with E-state index >= 15 is 0 Å². The molecule has 0 amide bonds. The number of nitriles is 1. The smallest absolute Gasteiger partial charge is 0.120 e.